The molecule has 2 nitrogen and oxygen atoms in total. The Labute approximate surface area is 329 Å². The predicted octanol–water partition coefficient (Wildman–Crippen LogP) is 13.9. The van der Waals surface area contributed by atoms with E-state index in [1.54, 1.807) is 0 Å². The molecule has 0 atom stereocenters. The van der Waals surface area contributed by atoms with Gasteiger partial charge in [0, 0.05) is 38.9 Å². The molecule has 0 saturated carbocycles. The van der Waals surface area contributed by atoms with Gasteiger partial charge in [-0.3, -0.25) is 0 Å². The Hall–Kier alpha value is -5.25. The summed E-state index contributed by atoms with van der Waals surface area (Å²) in [7, 11) is 0. The number of fused-ring (bicyclic) bond motifs is 9. The van der Waals surface area contributed by atoms with E-state index in [4.69, 9.17) is 0 Å². The number of hydrogen-bond acceptors (Lipinski definition) is 1. The molecule has 4 heterocycles. The summed E-state index contributed by atoms with van der Waals surface area (Å²) < 4.78 is 4.99. The number of thiophene rings is 1. The topological polar surface area (TPSA) is 8.81 Å². The van der Waals surface area contributed by atoms with Crippen molar-refractivity contribution in [2.75, 3.05) is 0 Å². The maximum Gasteiger partial charge on any atom is 0.222 e. The van der Waals surface area contributed by atoms with Gasteiger partial charge in [0.2, 0.25) is 5.69 Å². The van der Waals surface area contributed by atoms with Crippen LogP contribution in [0.3, 0.4) is 0 Å². The van der Waals surface area contributed by atoms with Crippen molar-refractivity contribution in [1.82, 2.24) is 4.57 Å². The molecule has 2 aliphatic rings. The van der Waals surface area contributed by atoms with E-state index < -0.39 is 0 Å². The Kier molecular flexibility index (Phi) is 8.05. The number of hydrogen-bond donors (Lipinski definition) is 0. The summed E-state index contributed by atoms with van der Waals surface area (Å²) in [6.07, 6.45) is 8.10. The second kappa shape index (κ2) is 12.9. The number of pyridine rings is 1. The van der Waals surface area contributed by atoms with Crippen LogP contribution in [0.25, 0.3) is 70.8 Å². The summed E-state index contributed by atoms with van der Waals surface area (Å²) in [5, 5.41) is 2.61. The maximum atomic E-state index is 2.52. The molecule has 0 unspecified atom stereocenters. The van der Waals surface area contributed by atoms with E-state index >= 15 is 0 Å². The lowest BCUT2D eigenvalue weighted by Crippen LogP contribution is -2.50. The Morgan fingerprint density at radius 3 is 2.22 bits per heavy atom. The molecule has 1 aliphatic carbocycles. The standard InChI is InChI=1S/C52H49N2S/c1-6-9-15-34-21-24-38(25-22-34)54-46-26-23-36(29-41(46)42-30-40-39-18-10-11-19-43(39)51(4,5)44(40)31-48(42)54)35-16-14-17-37(28-35)49-32-45-50(55-49)47-20-12-13-27-53(47)33-52(45,7-2)8-3/h10-14,16-32H,6-9,15,33H2,1-5H3/q+1. The molecular formula is C52H49N2S+. The van der Waals surface area contributed by atoms with Crippen molar-refractivity contribution in [3.63, 3.8) is 0 Å². The van der Waals surface area contributed by atoms with E-state index in [0.717, 1.165) is 25.8 Å². The fourth-order valence-electron chi connectivity index (χ4n) is 9.92. The molecule has 3 aromatic heterocycles. The van der Waals surface area contributed by atoms with Gasteiger partial charge in [-0.1, -0.05) is 102 Å². The number of nitrogens with zero attached hydrogens (tertiary/aromatic N) is 2. The Morgan fingerprint density at radius 1 is 0.636 bits per heavy atom. The molecule has 0 bridgehead atoms. The monoisotopic (exact) mass is 733 g/mol. The van der Waals surface area contributed by atoms with Gasteiger partial charge in [-0.2, -0.15) is 4.57 Å². The molecule has 55 heavy (non-hydrogen) atoms. The van der Waals surface area contributed by atoms with E-state index in [1.807, 2.05) is 11.3 Å². The van der Waals surface area contributed by atoms with Crippen molar-refractivity contribution in [3.8, 4) is 49.0 Å². The van der Waals surface area contributed by atoms with Crippen LogP contribution in [0.5, 0.6) is 0 Å². The highest BCUT2D eigenvalue weighted by Crippen LogP contribution is 2.52. The van der Waals surface area contributed by atoms with Crippen LogP contribution in [0.1, 0.15) is 82.6 Å². The summed E-state index contributed by atoms with van der Waals surface area (Å²) in [6.45, 7) is 12.8. The highest BCUT2D eigenvalue weighted by molar-refractivity contribution is 7.19. The third kappa shape index (κ3) is 5.23. The summed E-state index contributed by atoms with van der Waals surface area (Å²) in [5.74, 6) is 0. The van der Waals surface area contributed by atoms with E-state index in [-0.39, 0.29) is 10.8 Å². The van der Waals surface area contributed by atoms with Gasteiger partial charge in [0.1, 0.15) is 4.88 Å². The van der Waals surface area contributed by atoms with Crippen molar-refractivity contribution < 1.29 is 4.57 Å². The first-order chi connectivity index (χ1) is 26.8. The van der Waals surface area contributed by atoms with Gasteiger partial charge in [0.15, 0.2) is 12.7 Å². The molecule has 5 aromatic carbocycles. The average molecular weight is 734 g/mol. The Bertz CT molecular complexity index is 2770. The van der Waals surface area contributed by atoms with Gasteiger partial charge in [-0.05, 0) is 130 Å². The van der Waals surface area contributed by atoms with Gasteiger partial charge >= 0.3 is 0 Å². The molecule has 0 amide bonds. The van der Waals surface area contributed by atoms with Crippen LogP contribution in [0, 0.1) is 0 Å². The van der Waals surface area contributed by atoms with Gasteiger partial charge < -0.3 is 4.57 Å². The lowest BCUT2D eigenvalue weighted by Gasteiger charge is -2.32. The van der Waals surface area contributed by atoms with Crippen molar-refractivity contribution in [2.45, 2.75) is 84.1 Å². The van der Waals surface area contributed by atoms with Crippen LogP contribution in [0.15, 0.2) is 134 Å². The normalized spacial score (nSPS) is 14.9. The van der Waals surface area contributed by atoms with E-state index in [1.165, 1.54) is 106 Å². The fraction of sp³-hybridized carbons (Fsp3) is 0.250. The largest absolute Gasteiger partial charge is 0.309 e. The first-order valence-electron chi connectivity index (χ1n) is 20.4. The third-order valence-electron chi connectivity index (χ3n) is 13.3. The highest BCUT2D eigenvalue weighted by Gasteiger charge is 2.43. The predicted molar refractivity (Wildman–Crippen MR) is 234 cm³/mol. The molecule has 0 saturated heterocycles. The second-order valence-electron chi connectivity index (χ2n) is 16.6. The highest BCUT2D eigenvalue weighted by atomic mass is 32.1. The van der Waals surface area contributed by atoms with E-state index in [0.29, 0.717) is 0 Å². The van der Waals surface area contributed by atoms with Crippen LogP contribution in [-0.4, -0.2) is 4.57 Å². The van der Waals surface area contributed by atoms with Crippen LogP contribution in [0.4, 0.5) is 0 Å². The lowest BCUT2D eigenvalue weighted by molar-refractivity contribution is -0.697. The zero-order valence-electron chi connectivity index (χ0n) is 32.7. The third-order valence-corrected chi connectivity index (χ3v) is 14.5. The Balaban J connectivity index is 1.13. The quantitative estimate of drug-likeness (QED) is 0.138. The van der Waals surface area contributed by atoms with Crippen molar-refractivity contribution in [2.24, 2.45) is 0 Å². The zero-order chi connectivity index (χ0) is 37.5. The number of benzene rings is 5. The van der Waals surface area contributed by atoms with E-state index in [2.05, 4.69) is 177 Å². The molecule has 3 heteroatoms. The molecule has 272 valence electrons. The van der Waals surface area contributed by atoms with Crippen LogP contribution in [0.2, 0.25) is 0 Å². The summed E-state index contributed by atoms with van der Waals surface area (Å²) in [5.41, 5.74) is 17.5. The van der Waals surface area contributed by atoms with Crippen molar-refractivity contribution >= 4 is 33.1 Å². The van der Waals surface area contributed by atoms with E-state index in [9.17, 15) is 0 Å². The molecule has 1 aliphatic heterocycles. The molecule has 0 spiro atoms. The van der Waals surface area contributed by atoms with Crippen molar-refractivity contribution in [3.05, 3.63) is 156 Å². The fourth-order valence-corrected chi connectivity index (χ4v) is 11.2. The van der Waals surface area contributed by atoms with Crippen LogP contribution in [-0.2, 0) is 23.8 Å². The molecular weight excluding hydrogens is 685 g/mol. The van der Waals surface area contributed by atoms with Crippen LogP contribution < -0.4 is 4.57 Å². The van der Waals surface area contributed by atoms with Crippen LogP contribution >= 0.6 is 11.3 Å². The molecule has 8 aromatic rings. The number of rotatable bonds is 8. The lowest BCUT2D eigenvalue weighted by atomic mass is 9.73. The first-order valence-corrected chi connectivity index (χ1v) is 21.2. The Morgan fingerprint density at radius 2 is 1.40 bits per heavy atom. The minimum atomic E-state index is -0.0628. The molecule has 0 radical (unpaired) electrons. The van der Waals surface area contributed by atoms with Gasteiger partial charge in [-0.15, -0.1) is 11.3 Å². The first kappa shape index (κ1) is 34.3. The average Bonchev–Trinajstić information content (AvgIpc) is 3.89. The smallest absolute Gasteiger partial charge is 0.222 e. The number of aromatic nitrogens is 2. The van der Waals surface area contributed by atoms with Gasteiger partial charge in [-0.25, -0.2) is 0 Å². The number of unbranched alkanes of at least 4 members (excludes halogenated alkanes) is 1. The summed E-state index contributed by atoms with van der Waals surface area (Å²) in [6, 6.07) is 48.9. The molecule has 0 N–H and O–H groups in total. The minimum absolute atomic E-state index is 0.0628. The molecule has 10 rings (SSSR count). The zero-order valence-corrected chi connectivity index (χ0v) is 33.6. The van der Waals surface area contributed by atoms with Gasteiger partial charge in [0.25, 0.3) is 0 Å². The summed E-state index contributed by atoms with van der Waals surface area (Å²) in [4.78, 5) is 2.79. The summed E-state index contributed by atoms with van der Waals surface area (Å²) >= 11 is 1.96. The number of aryl methyl sites for hydroxylation is 1. The maximum absolute atomic E-state index is 2.52. The van der Waals surface area contributed by atoms with Gasteiger partial charge in [0.05, 0.1) is 16.4 Å². The minimum Gasteiger partial charge on any atom is -0.309 e. The van der Waals surface area contributed by atoms with Crippen molar-refractivity contribution in [1.29, 1.82) is 0 Å². The second-order valence-corrected chi connectivity index (χ2v) is 17.6. The SMILES string of the molecule is CCCCc1ccc(-n2c3ccc(-c4cccc(-c5cc6c(s5)-c5cccc[n+]5CC6(CC)CC)c4)cc3c3cc4c(cc32)C(C)(C)c2ccccc2-4)cc1. The molecule has 0 fully saturated rings.